The Bertz CT molecular complexity index is 750. The molecule has 0 aliphatic rings. The fourth-order valence-corrected chi connectivity index (χ4v) is 1.85. The minimum absolute atomic E-state index is 0.138. The lowest BCUT2D eigenvalue weighted by Crippen LogP contribution is -2.13. The van der Waals surface area contributed by atoms with Crippen molar-refractivity contribution in [3.05, 3.63) is 70.5 Å². The zero-order chi connectivity index (χ0) is 15.2. The molecular weight excluding hydrogens is 291 g/mol. The first-order chi connectivity index (χ1) is 10.1. The fourth-order valence-electron chi connectivity index (χ4n) is 1.66. The molecule has 2 aromatic rings. The first kappa shape index (κ1) is 14.8. The Morgan fingerprint density at radius 1 is 1.24 bits per heavy atom. The first-order valence-electron chi connectivity index (χ1n) is 6.03. The Balaban J connectivity index is 2.24. The molecule has 1 amide bonds. The predicted molar refractivity (Wildman–Crippen MR) is 80.1 cm³/mol. The van der Waals surface area contributed by atoms with Crippen LogP contribution >= 0.6 is 11.6 Å². The monoisotopic (exact) mass is 300 g/mol. The summed E-state index contributed by atoms with van der Waals surface area (Å²) in [6.07, 6.45) is 1.31. The van der Waals surface area contributed by atoms with E-state index in [2.05, 4.69) is 5.32 Å². The molecular formula is C16H10ClFN2O. The van der Waals surface area contributed by atoms with E-state index in [-0.39, 0.29) is 5.57 Å². The van der Waals surface area contributed by atoms with Crippen LogP contribution in [0.1, 0.15) is 5.56 Å². The number of para-hydroxylation sites is 1. The third kappa shape index (κ3) is 3.91. The number of amides is 1. The molecule has 0 aliphatic heterocycles. The summed E-state index contributed by atoms with van der Waals surface area (Å²) in [5, 5.41) is 12.0. The number of hydrogen-bond donors (Lipinski definition) is 1. The highest BCUT2D eigenvalue weighted by molar-refractivity contribution is 6.34. The Morgan fingerprint density at radius 2 is 2.00 bits per heavy atom. The molecule has 21 heavy (non-hydrogen) atoms. The standard InChI is InChI=1S/C16H10ClFN2O/c17-14-6-1-2-7-15(14)20-16(21)12(10-19)8-11-4-3-5-13(18)9-11/h1-9H,(H,20,21). The normalized spacial score (nSPS) is 10.8. The van der Waals surface area contributed by atoms with Gasteiger partial charge in [-0.3, -0.25) is 4.79 Å². The zero-order valence-electron chi connectivity index (χ0n) is 10.8. The molecule has 0 aromatic heterocycles. The first-order valence-corrected chi connectivity index (χ1v) is 6.41. The van der Waals surface area contributed by atoms with Crippen LogP contribution in [0.5, 0.6) is 0 Å². The van der Waals surface area contributed by atoms with Crippen molar-refractivity contribution in [1.29, 1.82) is 5.26 Å². The second-order valence-electron chi connectivity index (χ2n) is 4.16. The maximum Gasteiger partial charge on any atom is 0.266 e. The second-order valence-corrected chi connectivity index (χ2v) is 4.57. The van der Waals surface area contributed by atoms with Crippen molar-refractivity contribution in [2.75, 3.05) is 5.32 Å². The van der Waals surface area contributed by atoms with Crippen molar-refractivity contribution in [2.45, 2.75) is 0 Å². The minimum Gasteiger partial charge on any atom is -0.320 e. The molecule has 0 heterocycles. The van der Waals surface area contributed by atoms with Crippen molar-refractivity contribution in [1.82, 2.24) is 0 Å². The number of halogens is 2. The lowest BCUT2D eigenvalue weighted by molar-refractivity contribution is -0.112. The topological polar surface area (TPSA) is 52.9 Å². The predicted octanol–water partition coefficient (Wildman–Crippen LogP) is 4.02. The Hall–Kier alpha value is -2.64. The van der Waals surface area contributed by atoms with Gasteiger partial charge in [0.15, 0.2) is 0 Å². The number of anilines is 1. The van der Waals surface area contributed by atoms with Gasteiger partial charge >= 0.3 is 0 Å². The third-order valence-corrected chi connectivity index (χ3v) is 2.98. The van der Waals surface area contributed by atoms with E-state index in [1.165, 1.54) is 24.3 Å². The van der Waals surface area contributed by atoms with Crippen molar-refractivity contribution >= 4 is 29.3 Å². The molecule has 1 N–H and O–H groups in total. The SMILES string of the molecule is N#CC(=Cc1cccc(F)c1)C(=O)Nc1ccccc1Cl. The number of nitriles is 1. The highest BCUT2D eigenvalue weighted by atomic mass is 35.5. The minimum atomic E-state index is -0.602. The van der Waals surface area contributed by atoms with Gasteiger partial charge < -0.3 is 5.32 Å². The number of benzene rings is 2. The number of rotatable bonds is 3. The zero-order valence-corrected chi connectivity index (χ0v) is 11.6. The fraction of sp³-hybridized carbons (Fsp3) is 0. The highest BCUT2D eigenvalue weighted by Crippen LogP contribution is 2.21. The molecule has 104 valence electrons. The maximum atomic E-state index is 13.1. The number of nitrogens with one attached hydrogen (secondary N) is 1. The molecule has 0 aliphatic carbocycles. The van der Waals surface area contributed by atoms with Crippen LogP contribution in [0.25, 0.3) is 6.08 Å². The van der Waals surface area contributed by atoms with E-state index >= 15 is 0 Å². The smallest absolute Gasteiger partial charge is 0.266 e. The summed E-state index contributed by atoms with van der Waals surface area (Å²) in [6, 6.07) is 14.1. The van der Waals surface area contributed by atoms with Crippen LogP contribution in [0.15, 0.2) is 54.1 Å². The van der Waals surface area contributed by atoms with Crippen LogP contribution in [0.3, 0.4) is 0 Å². The summed E-state index contributed by atoms with van der Waals surface area (Å²) in [6.45, 7) is 0. The van der Waals surface area contributed by atoms with Gasteiger partial charge in [-0.05, 0) is 35.9 Å². The average Bonchev–Trinajstić information content (AvgIpc) is 2.47. The number of carbonyl (C=O) groups excluding carboxylic acids is 1. The molecule has 2 aromatic carbocycles. The van der Waals surface area contributed by atoms with Gasteiger partial charge in [0, 0.05) is 0 Å². The molecule has 0 spiro atoms. The summed E-state index contributed by atoms with van der Waals surface area (Å²) in [5.41, 5.74) is 0.700. The van der Waals surface area contributed by atoms with Crippen molar-refractivity contribution in [3.63, 3.8) is 0 Å². The third-order valence-electron chi connectivity index (χ3n) is 2.65. The van der Waals surface area contributed by atoms with E-state index in [0.29, 0.717) is 16.3 Å². The summed E-state index contributed by atoms with van der Waals surface area (Å²) in [4.78, 5) is 12.0. The van der Waals surface area contributed by atoms with E-state index in [0.717, 1.165) is 0 Å². The van der Waals surface area contributed by atoms with Gasteiger partial charge in [-0.25, -0.2) is 4.39 Å². The van der Waals surface area contributed by atoms with Crippen molar-refractivity contribution in [2.24, 2.45) is 0 Å². The molecule has 5 heteroatoms. The average molecular weight is 301 g/mol. The number of hydrogen-bond acceptors (Lipinski definition) is 2. The van der Waals surface area contributed by atoms with E-state index in [1.54, 1.807) is 36.4 Å². The van der Waals surface area contributed by atoms with E-state index in [4.69, 9.17) is 16.9 Å². The molecule has 2 rings (SSSR count). The van der Waals surface area contributed by atoms with E-state index in [1.807, 2.05) is 0 Å². The molecule has 0 atom stereocenters. The lowest BCUT2D eigenvalue weighted by Gasteiger charge is -2.06. The largest absolute Gasteiger partial charge is 0.320 e. The quantitative estimate of drug-likeness (QED) is 0.687. The van der Waals surface area contributed by atoms with E-state index < -0.39 is 11.7 Å². The van der Waals surface area contributed by atoms with Crippen LogP contribution in [-0.2, 0) is 4.79 Å². The van der Waals surface area contributed by atoms with Crippen LogP contribution in [0.2, 0.25) is 5.02 Å². The Morgan fingerprint density at radius 3 is 2.67 bits per heavy atom. The van der Waals surface area contributed by atoms with Crippen molar-refractivity contribution in [3.8, 4) is 6.07 Å². The number of nitrogens with zero attached hydrogens (tertiary/aromatic N) is 1. The Kier molecular flexibility index (Phi) is 4.70. The molecule has 0 fully saturated rings. The van der Waals surface area contributed by atoms with Gasteiger partial charge in [0.05, 0.1) is 10.7 Å². The van der Waals surface area contributed by atoms with Gasteiger partial charge in [-0.2, -0.15) is 5.26 Å². The number of carbonyl (C=O) groups is 1. The summed E-state index contributed by atoms with van der Waals surface area (Å²) >= 11 is 5.93. The molecule has 0 radical (unpaired) electrons. The van der Waals surface area contributed by atoms with Gasteiger partial charge in [-0.15, -0.1) is 0 Å². The summed E-state index contributed by atoms with van der Waals surface area (Å²) in [5.74, 6) is -1.04. The molecule has 3 nitrogen and oxygen atoms in total. The van der Waals surface area contributed by atoms with Gasteiger partial charge in [0.2, 0.25) is 0 Å². The maximum absolute atomic E-state index is 13.1. The Labute approximate surface area is 126 Å². The highest BCUT2D eigenvalue weighted by Gasteiger charge is 2.11. The molecule has 0 saturated heterocycles. The van der Waals surface area contributed by atoms with Crippen molar-refractivity contribution < 1.29 is 9.18 Å². The van der Waals surface area contributed by atoms with Crippen LogP contribution < -0.4 is 5.32 Å². The van der Waals surface area contributed by atoms with Gasteiger partial charge in [-0.1, -0.05) is 35.9 Å². The second kappa shape index (κ2) is 6.69. The van der Waals surface area contributed by atoms with E-state index in [9.17, 15) is 9.18 Å². The molecule has 0 saturated carbocycles. The summed E-state index contributed by atoms with van der Waals surface area (Å²) < 4.78 is 13.1. The van der Waals surface area contributed by atoms with Crippen LogP contribution in [0, 0.1) is 17.1 Å². The molecule has 0 unspecified atom stereocenters. The van der Waals surface area contributed by atoms with Gasteiger partial charge in [0.25, 0.3) is 5.91 Å². The van der Waals surface area contributed by atoms with Crippen LogP contribution in [0.4, 0.5) is 10.1 Å². The van der Waals surface area contributed by atoms with Gasteiger partial charge in [0.1, 0.15) is 17.5 Å². The summed E-state index contributed by atoms with van der Waals surface area (Å²) in [7, 11) is 0. The molecule has 0 bridgehead atoms. The lowest BCUT2D eigenvalue weighted by atomic mass is 10.1. The van der Waals surface area contributed by atoms with Crippen LogP contribution in [-0.4, -0.2) is 5.91 Å².